The number of benzene rings is 1. The fraction of sp³-hybridized carbons (Fsp3) is 0.263. The first-order valence-corrected chi connectivity index (χ1v) is 8.23. The van der Waals surface area contributed by atoms with Gasteiger partial charge in [-0.05, 0) is 48.6 Å². The topological polar surface area (TPSA) is 20.3 Å². The van der Waals surface area contributed by atoms with Crippen LogP contribution in [0.4, 0.5) is 8.78 Å². The van der Waals surface area contributed by atoms with Crippen LogP contribution in [-0.4, -0.2) is 22.8 Å². The van der Waals surface area contributed by atoms with E-state index in [1.165, 1.54) is 16.5 Å². The maximum atomic E-state index is 13.4. The van der Waals surface area contributed by atoms with Crippen molar-refractivity contribution in [3.05, 3.63) is 64.8 Å². The van der Waals surface area contributed by atoms with Crippen LogP contribution in [0.15, 0.2) is 47.6 Å². The lowest BCUT2D eigenvalue weighted by molar-refractivity contribution is -0.123. The van der Waals surface area contributed by atoms with Gasteiger partial charge < -0.3 is 4.90 Å². The predicted molar refractivity (Wildman–Crippen MR) is 96.5 cm³/mol. The number of hydrogen-bond donors (Lipinski definition) is 0. The largest absolute Gasteiger partial charge is 0.305 e. The quantitative estimate of drug-likeness (QED) is 0.543. The molecule has 0 aliphatic heterocycles. The number of hydrogen-bond acceptors (Lipinski definition) is 2. The molecule has 1 aliphatic carbocycles. The van der Waals surface area contributed by atoms with Gasteiger partial charge in [-0.1, -0.05) is 43.4 Å². The second-order valence-electron chi connectivity index (χ2n) is 5.67. The molecular formula is C19H19F2NOS. The Hall–Kier alpha value is -2.14. The third-order valence-electron chi connectivity index (χ3n) is 3.78. The predicted octanol–water partition coefficient (Wildman–Crippen LogP) is 4.82. The van der Waals surface area contributed by atoms with Crippen LogP contribution in [0.3, 0.4) is 0 Å². The fourth-order valence-corrected chi connectivity index (χ4v) is 2.75. The van der Waals surface area contributed by atoms with E-state index in [1.807, 2.05) is 25.2 Å². The van der Waals surface area contributed by atoms with E-state index in [-0.39, 0.29) is 5.91 Å². The van der Waals surface area contributed by atoms with Gasteiger partial charge in [-0.25, -0.2) is 8.78 Å². The zero-order valence-corrected chi connectivity index (χ0v) is 14.5. The molecule has 0 aromatic heterocycles. The number of allylic oxidation sites excluding steroid dienone is 5. The van der Waals surface area contributed by atoms with E-state index in [4.69, 9.17) is 12.2 Å². The fourth-order valence-electron chi connectivity index (χ4n) is 2.55. The van der Waals surface area contributed by atoms with Crippen molar-refractivity contribution < 1.29 is 13.6 Å². The second-order valence-corrected chi connectivity index (χ2v) is 5.88. The summed E-state index contributed by atoms with van der Waals surface area (Å²) >= 11 is 4.88. The summed E-state index contributed by atoms with van der Waals surface area (Å²) in [5, 5.41) is 0. The Morgan fingerprint density at radius 3 is 2.67 bits per heavy atom. The van der Waals surface area contributed by atoms with Gasteiger partial charge in [0.1, 0.15) is 0 Å². The minimum atomic E-state index is -0.861. The molecule has 5 heteroatoms. The molecule has 0 N–H and O–H groups in total. The van der Waals surface area contributed by atoms with Crippen LogP contribution < -0.4 is 0 Å². The summed E-state index contributed by atoms with van der Waals surface area (Å²) in [6.07, 6.45) is 6.96. The van der Waals surface area contributed by atoms with Gasteiger partial charge in [-0.3, -0.25) is 4.79 Å². The van der Waals surface area contributed by atoms with Crippen LogP contribution in [0.5, 0.6) is 0 Å². The van der Waals surface area contributed by atoms with Crippen LogP contribution in [0.25, 0.3) is 5.57 Å². The van der Waals surface area contributed by atoms with Crippen molar-refractivity contribution in [1.82, 2.24) is 4.90 Å². The summed E-state index contributed by atoms with van der Waals surface area (Å²) < 4.78 is 26.4. The Bertz CT molecular complexity index is 750. The second kappa shape index (κ2) is 8.11. The molecule has 0 saturated carbocycles. The average Bonchev–Trinajstić information content (AvgIpc) is 3.03. The Morgan fingerprint density at radius 2 is 2.04 bits per heavy atom. The van der Waals surface area contributed by atoms with Gasteiger partial charge in [-0.2, -0.15) is 0 Å². The third-order valence-corrected chi connectivity index (χ3v) is 4.03. The molecule has 0 unspecified atom stereocenters. The maximum absolute atomic E-state index is 13.4. The molecule has 1 aromatic rings. The highest BCUT2D eigenvalue weighted by Crippen LogP contribution is 2.30. The first-order chi connectivity index (χ1) is 11.5. The standard InChI is InChI=1S/C19H19F2NOS/c1-3-8-22(12-24)19(23)13(2)9-14-4-5-15(10-14)16-6-7-17(20)18(21)11-16/h4-7,9,11-12H,3,8,10H2,1-2H3/b13-9+. The minimum Gasteiger partial charge on any atom is -0.305 e. The lowest BCUT2D eigenvalue weighted by Crippen LogP contribution is -2.30. The lowest BCUT2D eigenvalue weighted by Gasteiger charge is -2.16. The SMILES string of the molecule is CCCN(C=S)C(=O)/C(C)=C/C1=CC=C(c2ccc(F)c(F)c2)C1. The molecule has 126 valence electrons. The van der Waals surface area contributed by atoms with Gasteiger partial charge >= 0.3 is 0 Å². The number of carbonyl (C=O) groups is 1. The summed E-state index contributed by atoms with van der Waals surface area (Å²) in [5.74, 6) is -1.84. The van der Waals surface area contributed by atoms with Crippen molar-refractivity contribution in [3.8, 4) is 0 Å². The molecule has 0 saturated heterocycles. The summed E-state index contributed by atoms with van der Waals surface area (Å²) in [4.78, 5) is 13.8. The number of amides is 1. The molecule has 2 rings (SSSR count). The van der Waals surface area contributed by atoms with Crippen LogP contribution in [0.2, 0.25) is 0 Å². The van der Waals surface area contributed by atoms with Gasteiger partial charge in [0.05, 0.1) is 5.49 Å². The molecule has 24 heavy (non-hydrogen) atoms. The lowest BCUT2D eigenvalue weighted by atomic mass is 10.0. The molecule has 1 amide bonds. The first kappa shape index (κ1) is 18.2. The van der Waals surface area contributed by atoms with Crippen LogP contribution >= 0.6 is 12.2 Å². The minimum absolute atomic E-state index is 0.117. The third kappa shape index (κ3) is 4.23. The van der Waals surface area contributed by atoms with Crippen LogP contribution in [0.1, 0.15) is 32.3 Å². The number of nitrogens with zero attached hydrogens (tertiary/aromatic N) is 1. The van der Waals surface area contributed by atoms with E-state index >= 15 is 0 Å². The molecule has 0 radical (unpaired) electrons. The van der Waals surface area contributed by atoms with Crippen molar-refractivity contribution in [2.75, 3.05) is 6.54 Å². The number of halogens is 2. The highest BCUT2D eigenvalue weighted by atomic mass is 32.1. The Balaban J connectivity index is 2.07. The zero-order chi connectivity index (χ0) is 17.7. The van der Waals surface area contributed by atoms with E-state index in [9.17, 15) is 13.6 Å². The molecule has 0 atom stereocenters. The van der Waals surface area contributed by atoms with Crippen molar-refractivity contribution in [1.29, 1.82) is 0 Å². The molecule has 1 aromatic carbocycles. The number of rotatable bonds is 6. The van der Waals surface area contributed by atoms with Gasteiger partial charge in [0.2, 0.25) is 0 Å². The maximum Gasteiger partial charge on any atom is 0.254 e. The van der Waals surface area contributed by atoms with Crippen LogP contribution in [0, 0.1) is 11.6 Å². The van der Waals surface area contributed by atoms with E-state index in [0.717, 1.165) is 23.6 Å². The van der Waals surface area contributed by atoms with Crippen molar-refractivity contribution in [2.45, 2.75) is 26.7 Å². The van der Waals surface area contributed by atoms with Crippen molar-refractivity contribution >= 4 is 29.2 Å². The zero-order valence-electron chi connectivity index (χ0n) is 13.7. The monoisotopic (exact) mass is 347 g/mol. The van der Waals surface area contributed by atoms with Gasteiger partial charge in [0, 0.05) is 12.1 Å². The Labute approximate surface area is 146 Å². The van der Waals surface area contributed by atoms with Crippen molar-refractivity contribution in [3.63, 3.8) is 0 Å². The van der Waals surface area contributed by atoms with E-state index in [0.29, 0.717) is 24.1 Å². The van der Waals surface area contributed by atoms with E-state index < -0.39 is 11.6 Å². The number of carbonyl (C=O) groups excluding carboxylic acids is 1. The number of thiocarbonyl (C=S) groups is 1. The van der Waals surface area contributed by atoms with E-state index in [2.05, 4.69) is 0 Å². The highest BCUT2D eigenvalue weighted by Gasteiger charge is 2.15. The molecule has 0 heterocycles. The highest BCUT2D eigenvalue weighted by molar-refractivity contribution is 7.78. The van der Waals surface area contributed by atoms with Gasteiger partial charge in [-0.15, -0.1) is 0 Å². The van der Waals surface area contributed by atoms with Gasteiger partial charge in [0.15, 0.2) is 11.6 Å². The summed E-state index contributed by atoms with van der Waals surface area (Å²) in [7, 11) is 0. The summed E-state index contributed by atoms with van der Waals surface area (Å²) in [5.41, 5.74) is 4.44. The molecular weight excluding hydrogens is 328 g/mol. The van der Waals surface area contributed by atoms with Crippen molar-refractivity contribution in [2.24, 2.45) is 0 Å². The normalized spacial score (nSPS) is 14.2. The Morgan fingerprint density at radius 1 is 1.29 bits per heavy atom. The smallest absolute Gasteiger partial charge is 0.254 e. The molecule has 2 nitrogen and oxygen atoms in total. The summed E-state index contributed by atoms with van der Waals surface area (Å²) in [6, 6.07) is 3.86. The average molecular weight is 347 g/mol. The molecule has 0 fully saturated rings. The van der Waals surface area contributed by atoms with E-state index in [1.54, 1.807) is 13.0 Å². The summed E-state index contributed by atoms with van der Waals surface area (Å²) in [6.45, 7) is 4.32. The molecule has 1 aliphatic rings. The Kier molecular flexibility index (Phi) is 6.15. The van der Waals surface area contributed by atoms with Crippen LogP contribution in [-0.2, 0) is 4.79 Å². The first-order valence-electron chi connectivity index (χ1n) is 7.76. The molecule has 0 bridgehead atoms. The van der Waals surface area contributed by atoms with Gasteiger partial charge in [0.25, 0.3) is 5.91 Å². The molecule has 0 spiro atoms.